The molecule has 0 radical (unpaired) electrons. The van der Waals surface area contributed by atoms with Crippen molar-refractivity contribution in [1.29, 1.82) is 0 Å². The number of carboxylic acids is 1. The van der Waals surface area contributed by atoms with Crippen molar-refractivity contribution in [2.45, 2.75) is 193 Å². The minimum absolute atomic E-state index is 0.140. The first-order chi connectivity index (χ1) is 27.1. The van der Waals surface area contributed by atoms with Gasteiger partial charge in [0.2, 0.25) is 0 Å². The van der Waals surface area contributed by atoms with Gasteiger partial charge in [0.25, 0.3) is 0 Å². The van der Waals surface area contributed by atoms with Crippen LogP contribution < -0.4 is 5.73 Å². The number of carbonyl (C=O) groups is 3. The summed E-state index contributed by atoms with van der Waals surface area (Å²) in [6.45, 7) is 2.66. The van der Waals surface area contributed by atoms with Crippen molar-refractivity contribution in [2.24, 2.45) is 5.73 Å². The number of carbonyl (C=O) groups excluding carboxylic acids is 2. The molecule has 56 heavy (non-hydrogen) atoms. The lowest BCUT2D eigenvalue weighted by Gasteiger charge is -2.20. The number of unbranched alkanes of at least 4 members (excludes halogenated alkanes) is 18. The van der Waals surface area contributed by atoms with Gasteiger partial charge in [-0.2, -0.15) is 0 Å². The Morgan fingerprint density at radius 2 is 1.00 bits per heavy atom. The van der Waals surface area contributed by atoms with E-state index in [0.717, 1.165) is 77.0 Å². The van der Waals surface area contributed by atoms with Gasteiger partial charge in [-0.05, 0) is 70.6 Å². The molecule has 4 N–H and O–H groups in total. The lowest BCUT2D eigenvalue weighted by atomic mass is 10.1. The number of phosphoric ester groups is 1. The van der Waals surface area contributed by atoms with Crippen molar-refractivity contribution in [3.63, 3.8) is 0 Å². The number of phosphoric acid groups is 1. The highest BCUT2D eigenvalue weighted by Gasteiger charge is 2.28. The smallest absolute Gasteiger partial charge is 0.472 e. The van der Waals surface area contributed by atoms with Gasteiger partial charge in [0.15, 0.2) is 6.10 Å². The van der Waals surface area contributed by atoms with E-state index in [0.29, 0.717) is 12.8 Å². The summed E-state index contributed by atoms with van der Waals surface area (Å²) in [5.41, 5.74) is 5.33. The summed E-state index contributed by atoms with van der Waals surface area (Å²) in [5, 5.41) is 8.88. The zero-order valence-corrected chi connectivity index (χ0v) is 35.9. The maximum absolute atomic E-state index is 12.6. The lowest BCUT2D eigenvalue weighted by Crippen LogP contribution is -2.34. The van der Waals surface area contributed by atoms with Gasteiger partial charge in [0.1, 0.15) is 12.6 Å². The summed E-state index contributed by atoms with van der Waals surface area (Å²) < 4.78 is 32.7. The van der Waals surface area contributed by atoms with E-state index in [-0.39, 0.29) is 19.4 Å². The molecule has 0 aromatic rings. The first-order valence-corrected chi connectivity index (χ1v) is 23.2. The zero-order chi connectivity index (χ0) is 41.4. The fourth-order valence-corrected chi connectivity index (χ4v) is 6.44. The molecule has 0 aliphatic rings. The molecule has 1 unspecified atom stereocenters. The van der Waals surface area contributed by atoms with E-state index in [1.165, 1.54) is 64.2 Å². The number of esters is 2. The van der Waals surface area contributed by atoms with Gasteiger partial charge in [-0.25, -0.2) is 4.57 Å². The van der Waals surface area contributed by atoms with E-state index in [2.05, 4.69) is 67.0 Å². The highest BCUT2D eigenvalue weighted by molar-refractivity contribution is 7.47. The van der Waals surface area contributed by atoms with Crippen LogP contribution in [0.4, 0.5) is 0 Å². The van der Waals surface area contributed by atoms with Crippen LogP contribution in [0.15, 0.2) is 48.6 Å². The number of carboxylic acid groups (broad SMARTS) is 1. The van der Waals surface area contributed by atoms with E-state index >= 15 is 0 Å². The Morgan fingerprint density at radius 3 is 1.52 bits per heavy atom. The summed E-state index contributed by atoms with van der Waals surface area (Å²) in [6.07, 6.45) is 43.1. The van der Waals surface area contributed by atoms with Crippen LogP contribution in [0.25, 0.3) is 0 Å². The fraction of sp³-hybridized carbons (Fsp3) is 0.750. The molecule has 0 saturated heterocycles. The van der Waals surface area contributed by atoms with E-state index in [4.69, 9.17) is 24.8 Å². The number of allylic oxidation sites excluding steroid dienone is 8. The monoisotopic (exact) mass is 812 g/mol. The van der Waals surface area contributed by atoms with E-state index in [1.54, 1.807) is 0 Å². The Balaban J connectivity index is 4.39. The van der Waals surface area contributed by atoms with Gasteiger partial charge in [0.05, 0.1) is 13.2 Å². The SMILES string of the molecule is CC/C=C\C/C=C\C/C=C\CCCCCCCC(=O)O[C@H](COC(=O)CCCCCCCCC/C=C\CCCCCCCC)COP(=O)(O)OC[C@H](N)C(=O)O. The van der Waals surface area contributed by atoms with Crippen molar-refractivity contribution in [1.82, 2.24) is 0 Å². The minimum Gasteiger partial charge on any atom is -0.480 e. The number of hydrogen-bond acceptors (Lipinski definition) is 9. The van der Waals surface area contributed by atoms with Crippen LogP contribution in [0, 0.1) is 0 Å². The fourth-order valence-electron chi connectivity index (χ4n) is 5.66. The number of nitrogens with two attached hydrogens (primary N) is 1. The van der Waals surface area contributed by atoms with Gasteiger partial charge in [-0.3, -0.25) is 23.4 Å². The molecule has 3 atom stereocenters. The number of hydrogen-bond donors (Lipinski definition) is 3. The molecule has 0 aromatic heterocycles. The maximum atomic E-state index is 12.6. The van der Waals surface area contributed by atoms with Crippen molar-refractivity contribution in [2.75, 3.05) is 19.8 Å². The summed E-state index contributed by atoms with van der Waals surface area (Å²) >= 11 is 0. The number of aliphatic carboxylic acids is 1. The highest BCUT2D eigenvalue weighted by atomic mass is 31.2. The average molecular weight is 812 g/mol. The van der Waals surface area contributed by atoms with Crippen LogP contribution in [0.2, 0.25) is 0 Å². The maximum Gasteiger partial charge on any atom is 0.472 e. The lowest BCUT2D eigenvalue weighted by molar-refractivity contribution is -0.161. The molecular weight excluding hydrogens is 733 g/mol. The molecule has 0 heterocycles. The third kappa shape index (κ3) is 38.3. The Kier molecular flexibility index (Phi) is 37.5. The van der Waals surface area contributed by atoms with E-state index < -0.39 is 51.1 Å². The Bertz CT molecular complexity index is 1140. The molecule has 11 nitrogen and oxygen atoms in total. The van der Waals surface area contributed by atoms with Crippen LogP contribution >= 0.6 is 7.82 Å². The second-order valence-corrected chi connectivity index (χ2v) is 15.9. The summed E-state index contributed by atoms with van der Waals surface area (Å²) in [4.78, 5) is 45.9. The Morgan fingerprint density at radius 1 is 0.571 bits per heavy atom. The van der Waals surface area contributed by atoms with E-state index in [1.807, 2.05) is 0 Å². The van der Waals surface area contributed by atoms with Gasteiger partial charge in [0, 0.05) is 12.8 Å². The van der Waals surface area contributed by atoms with Gasteiger partial charge in [-0.15, -0.1) is 0 Å². The van der Waals surface area contributed by atoms with Crippen molar-refractivity contribution in [3.8, 4) is 0 Å². The predicted octanol–water partition coefficient (Wildman–Crippen LogP) is 11.4. The van der Waals surface area contributed by atoms with Gasteiger partial charge < -0.3 is 25.2 Å². The number of ether oxygens (including phenoxy) is 2. The molecule has 0 spiro atoms. The molecular formula is C44H78NO10P. The second-order valence-electron chi connectivity index (χ2n) is 14.4. The minimum atomic E-state index is -4.72. The van der Waals surface area contributed by atoms with Crippen molar-refractivity contribution < 1.29 is 47.5 Å². The van der Waals surface area contributed by atoms with Gasteiger partial charge in [-0.1, -0.05) is 146 Å². The normalized spacial score (nSPS) is 14.2. The van der Waals surface area contributed by atoms with Crippen LogP contribution in [-0.4, -0.2) is 59.9 Å². The Labute approximate surface area is 339 Å². The average Bonchev–Trinajstić information content (AvgIpc) is 3.17. The topological polar surface area (TPSA) is 172 Å². The van der Waals surface area contributed by atoms with Crippen LogP contribution in [0.1, 0.15) is 181 Å². The molecule has 0 aliphatic heterocycles. The summed E-state index contributed by atoms with van der Waals surface area (Å²) in [5.74, 6) is -2.41. The van der Waals surface area contributed by atoms with Crippen LogP contribution in [-0.2, 0) is 37.5 Å². The third-order valence-electron chi connectivity index (χ3n) is 9.06. The van der Waals surface area contributed by atoms with E-state index in [9.17, 15) is 23.8 Å². The first-order valence-electron chi connectivity index (χ1n) is 21.7. The molecule has 12 heteroatoms. The number of rotatable bonds is 40. The van der Waals surface area contributed by atoms with Crippen molar-refractivity contribution >= 4 is 25.7 Å². The largest absolute Gasteiger partial charge is 0.480 e. The zero-order valence-electron chi connectivity index (χ0n) is 35.0. The molecule has 0 aromatic carbocycles. The molecule has 0 bridgehead atoms. The summed E-state index contributed by atoms with van der Waals surface area (Å²) in [6, 6.07) is -1.53. The van der Waals surface area contributed by atoms with Crippen LogP contribution in [0.3, 0.4) is 0 Å². The molecule has 0 saturated carbocycles. The second kappa shape index (κ2) is 39.3. The highest BCUT2D eigenvalue weighted by Crippen LogP contribution is 2.43. The van der Waals surface area contributed by atoms with Crippen molar-refractivity contribution in [3.05, 3.63) is 48.6 Å². The predicted molar refractivity (Wildman–Crippen MR) is 226 cm³/mol. The molecule has 0 aliphatic carbocycles. The molecule has 0 rings (SSSR count). The molecule has 0 fully saturated rings. The molecule has 324 valence electrons. The third-order valence-corrected chi connectivity index (χ3v) is 10.0. The quantitative estimate of drug-likeness (QED) is 0.0233. The summed E-state index contributed by atoms with van der Waals surface area (Å²) in [7, 11) is -4.72. The van der Waals surface area contributed by atoms with Crippen LogP contribution in [0.5, 0.6) is 0 Å². The standard InChI is InChI=1S/C44H78NO10P/c1-3-5-7-9-11-13-15-17-19-20-22-23-25-27-29-31-33-35-42(46)52-37-40(38-53-56(50,51)54-39-41(45)44(48)49)55-43(47)36-34-32-30-28-26-24-21-18-16-14-12-10-8-6-4-2/h6,8,12,14,17-19,21,40-41H,3-5,7,9-11,13,15-16,20,22-39,45H2,1-2H3,(H,48,49)(H,50,51)/b8-6-,14-12-,19-17-,21-18-/t40-,41+/m1/s1. The Hall–Kier alpha value is -2.56. The molecule has 0 amide bonds. The van der Waals surface area contributed by atoms with Gasteiger partial charge >= 0.3 is 25.7 Å². The first kappa shape index (κ1) is 53.4.